The van der Waals surface area contributed by atoms with Crippen molar-refractivity contribution in [3.63, 3.8) is 0 Å². The summed E-state index contributed by atoms with van der Waals surface area (Å²) in [4.78, 5) is 0. The Hall–Kier alpha value is -0.990. The largest absolute Gasteiger partial charge is 0.379 e. The van der Waals surface area contributed by atoms with Gasteiger partial charge >= 0.3 is 0 Å². The molecule has 0 amide bonds. The lowest BCUT2D eigenvalue weighted by Gasteiger charge is -2.22. The molecule has 0 spiro atoms. The van der Waals surface area contributed by atoms with E-state index in [-0.39, 0.29) is 0 Å². The van der Waals surface area contributed by atoms with Crippen LogP contribution in [0.3, 0.4) is 0 Å². The van der Waals surface area contributed by atoms with Crippen molar-refractivity contribution in [2.45, 2.75) is 52.6 Å². The Morgan fingerprint density at radius 1 is 1.31 bits per heavy atom. The summed E-state index contributed by atoms with van der Waals surface area (Å²) in [5.41, 5.74) is 1.17. The SMILES string of the molecule is CC(C)C(Nc1cnn(C(C)C)c1)C1CC1. The highest BCUT2D eigenvalue weighted by molar-refractivity contribution is 5.40. The lowest BCUT2D eigenvalue weighted by molar-refractivity contribution is 0.476. The molecule has 1 heterocycles. The molecule has 1 saturated carbocycles. The Balaban J connectivity index is 2.00. The van der Waals surface area contributed by atoms with Gasteiger partial charge in [-0.05, 0) is 38.5 Å². The lowest BCUT2D eigenvalue weighted by Crippen LogP contribution is -2.27. The molecule has 1 aromatic heterocycles. The van der Waals surface area contributed by atoms with Crippen molar-refractivity contribution < 1.29 is 0 Å². The summed E-state index contributed by atoms with van der Waals surface area (Å²) in [6.45, 7) is 8.89. The molecule has 2 rings (SSSR count). The van der Waals surface area contributed by atoms with E-state index in [0.717, 1.165) is 5.92 Å². The van der Waals surface area contributed by atoms with Gasteiger partial charge in [-0.15, -0.1) is 0 Å². The van der Waals surface area contributed by atoms with Crippen LogP contribution >= 0.6 is 0 Å². The molecule has 1 aliphatic carbocycles. The minimum absolute atomic E-state index is 0.439. The first-order valence-corrected chi connectivity index (χ1v) is 6.38. The van der Waals surface area contributed by atoms with E-state index < -0.39 is 0 Å². The Kier molecular flexibility index (Phi) is 3.22. The first-order valence-electron chi connectivity index (χ1n) is 6.38. The van der Waals surface area contributed by atoms with Crippen molar-refractivity contribution in [1.29, 1.82) is 0 Å². The van der Waals surface area contributed by atoms with E-state index in [9.17, 15) is 0 Å². The van der Waals surface area contributed by atoms with E-state index in [2.05, 4.69) is 44.3 Å². The predicted molar refractivity (Wildman–Crippen MR) is 67.6 cm³/mol. The summed E-state index contributed by atoms with van der Waals surface area (Å²) in [5.74, 6) is 1.57. The zero-order valence-electron chi connectivity index (χ0n) is 10.8. The topological polar surface area (TPSA) is 29.9 Å². The number of hydrogen-bond donors (Lipinski definition) is 1. The summed E-state index contributed by atoms with van der Waals surface area (Å²) >= 11 is 0. The molecule has 0 aliphatic heterocycles. The Bertz CT molecular complexity index is 335. The molecule has 1 N–H and O–H groups in total. The molecular weight excluding hydrogens is 198 g/mol. The number of nitrogens with zero attached hydrogens (tertiary/aromatic N) is 2. The first-order chi connectivity index (χ1) is 7.58. The molecule has 90 valence electrons. The summed E-state index contributed by atoms with van der Waals surface area (Å²) < 4.78 is 2.01. The van der Waals surface area contributed by atoms with Crippen LogP contribution < -0.4 is 5.32 Å². The summed E-state index contributed by atoms with van der Waals surface area (Å²) in [7, 11) is 0. The van der Waals surface area contributed by atoms with Crippen LogP contribution in [0.15, 0.2) is 12.4 Å². The summed E-state index contributed by atoms with van der Waals surface area (Å²) in [5, 5.41) is 7.99. The molecule has 1 fully saturated rings. The van der Waals surface area contributed by atoms with Gasteiger partial charge in [0.15, 0.2) is 0 Å². The standard InChI is InChI=1S/C13H23N3/c1-9(2)13(11-5-6-11)15-12-7-14-16(8-12)10(3)4/h7-11,13,15H,5-6H2,1-4H3. The van der Waals surface area contributed by atoms with Crippen LogP contribution in [-0.2, 0) is 0 Å². The number of anilines is 1. The molecule has 3 heteroatoms. The fourth-order valence-corrected chi connectivity index (χ4v) is 2.17. The van der Waals surface area contributed by atoms with E-state index in [1.807, 2.05) is 10.9 Å². The van der Waals surface area contributed by atoms with Gasteiger partial charge in [-0.25, -0.2) is 0 Å². The lowest BCUT2D eigenvalue weighted by atomic mass is 9.99. The highest BCUT2D eigenvalue weighted by atomic mass is 15.3. The molecule has 1 atom stereocenters. The minimum atomic E-state index is 0.439. The second-order valence-corrected chi connectivity index (χ2v) is 5.55. The Labute approximate surface area is 98.2 Å². The molecule has 3 nitrogen and oxygen atoms in total. The predicted octanol–water partition coefficient (Wildman–Crippen LogP) is 3.31. The van der Waals surface area contributed by atoms with E-state index in [1.165, 1.54) is 18.5 Å². The zero-order chi connectivity index (χ0) is 11.7. The van der Waals surface area contributed by atoms with Crippen molar-refractivity contribution >= 4 is 5.69 Å². The number of rotatable bonds is 5. The molecule has 1 aliphatic rings. The molecule has 0 saturated heterocycles. The third kappa shape index (κ3) is 2.57. The maximum atomic E-state index is 4.36. The van der Waals surface area contributed by atoms with Gasteiger partial charge in [0.1, 0.15) is 0 Å². The quantitative estimate of drug-likeness (QED) is 0.826. The third-order valence-electron chi connectivity index (χ3n) is 3.31. The Morgan fingerprint density at radius 3 is 2.44 bits per heavy atom. The molecule has 0 radical (unpaired) electrons. The van der Waals surface area contributed by atoms with Gasteiger partial charge in [0.2, 0.25) is 0 Å². The second-order valence-electron chi connectivity index (χ2n) is 5.55. The summed E-state index contributed by atoms with van der Waals surface area (Å²) in [6, 6.07) is 1.05. The van der Waals surface area contributed by atoms with Crippen LogP contribution in [0.4, 0.5) is 5.69 Å². The van der Waals surface area contributed by atoms with Gasteiger partial charge in [0.05, 0.1) is 11.9 Å². The van der Waals surface area contributed by atoms with Crippen molar-refractivity contribution in [3.05, 3.63) is 12.4 Å². The fraction of sp³-hybridized carbons (Fsp3) is 0.769. The number of aromatic nitrogens is 2. The molecule has 16 heavy (non-hydrogen) atoms. The second kappa shape index (κ2) is 4.48. The average molecular weight is 221 g/mol. The van der Waals surface area contributed by atoms with Gasteiger partial charge in [0, 0.05) is 18.3 Å². The number of hydrogen-bond acceptors (Lipinski definition) is 2. The van der Waals surface area contributed by atoms with Crippen molar-refractivity contribution in [1.82, 2.24) is 9.78 Å². The van der Waals surface area contributed by atoms with Gasteiger partial charge < -0.3 is 5.32 Å². The monoisotopic (exact) mass is 221 g/mol. The fourth-order valence-electron chi connectivity index (χ4n) is 2.17. The van der Waals surface area contributed by atoms with Crippen LogP contribution in [0, 0.1) is 11.8 Å². The van der Waals surface area contributed by atoms with Crippen LogP contribution in [0.5, 0.6) is 0 Å². The van der Waals surface area contributed by atoms with E-state index in [4.69, 9.17) is 0 Å². The van der Waals surface area contributed by atoms with Crippen molar-refractivity contribution in [2.75, 3.05) is 5.32 Å². The maximum Gasteiger partial charge on any atom is 0.0728 e. The van der Waals surface area contributed by atoms with Gasteiger partial charge in [-0.2, -0.15) is 5.10 Å². The molecule has 0 aromatic carbocycles. The molecule has 1 unspecified atom stereocenters. The smallest absolute Gasteiger partial charge is 0.0728 e. The first kappa shape index (κ1) is 11.5. The van der Waals surface area contributed by atoms with Crippen LogP contribution in [-0.4, -0.2) is 15.8 Å². The van der Waals surface area contributed by atoms with Gasteiger partial charge in [0.25, 0.3) is 0 Å². The van der Waals surface area contributed by atoms with Crippen LogP contribution in [0.1, 0.15) is 46.6 Å². The van der Waals surface area contributed by atoms with Crippen molar-refractivity contribution in [2.24, 2.45) is 11.8 Å². The van der Waals surface area contributed by atoms with Gasteiger partial charge in [-0.1, -0.05) is 13.8 Å². The third-order valence-corrected chi connectivity index (χ3v) is 3.31. The molecular formula is C13H23N3. The van der Waals surface area contributed by atoms with E-state index in [0.29, 0.717) is 18.0 Å². The Morgan fingerprint density at radius 2 is 2.00 bits per heavy atom. The zero-order valence-corrected chi connectivity index (χ0v) is 10.8. The minimum Gasteiger partial charge on any atom is -0.379 e. The number of nitrogens with one attached hydrogen (secondary N) is 1. The van der Waals surface area contributed by atoms with Gasteiger partial charge in [-0.3, -0.25) is 4.68 Å². The van der Waals surface area contributed by atoms with Crippen molar-refractivity contribution in [3.8, 4) is 0 Å². The van der Waals surface area contributed by atoms with Crippen LogP contribution in [0.2, 0.25) is 0 Å². The normalized spacial score (nSPS) is 18.1. The molecule has 1 aromatic rings. The highest BCUT2D eigenvalue weighted by Crippen LogP contribution is 2.37. The van der Waals surface area contributed by atoms with Crippen LogP contribution in [0.25, 0.3) is 0 Å². The van der Waals surface area contributed by atoms with E-state index in [1.54, 1.807) is 0 Å². The highest BCUT2D eigenvalue weighted by Gasteiger charge is 2.33. The maximum absolute atomic E-state index is 4.36. The average Bonchev–Trinajstić information content (AvgIpc) is 2.92. The van der Waals surface area contributed by atoms with E-state index >= 15 is 0 Å². The summed E-state index contributed by atoms with van der Waals surface area (Å²) in [6.07, 6.45) is 6.82. The molecule has 0 bridgehead atoms.